The third-order valence-corrected chi connectivity index (χ3v) is 5.21. The van der Waals surface area contributed by atoms with Crippen LogP contribution < -0.4 is 5.32 Å². The first-order valence-electron chi connectivity index (χ1n) is 8.53. The number of thiophene rings is 1. The number of piperazine rings is 1. The minimum atomic E-state index is -0.0237. The van der Waals surface area contributed by atoms with Crippen molar-refractivity contribution in [2.45, 2.75) is 6.92 Å². The maximum atomic E-state index is 12.3. The van der Waals surface area contributed by atoms with Crippen molar-refractivity contribution in [1.29, 1.82) is 0 Å². The number of nitrogens with one attached hydrogen (secondary N) is 1. The summed E-state index contributed by atoms with van der Waals surface area (Å²) in [5, 5.41) is 6.81. The summed E-state index contributed by atoms with van der Waals surface area (Å²) >= 11 is 1.55. The van der Waals surface area contributed by atoms with Gasteiger partial charge < -0.3 is 10.2 Å². The molecule has 0 radical (unpaired) electrons. The Morgan fingerprint density at radius 1 is 1.12 bits per heavy atom. The molecule has 0 aliphatic carbocycles. The Balaban J connectivity index is 1.40. The number of hydrogen-bond donors (Lipinski definition) is 1. The van der Waals surface area contributed by atoms with Crippen molar-refractivity contribution in [2.75, 3.05) is 39.3 Å². The van der Waals surface area contributed by atoms with Gasteiger partial charge in [-0.15, -0.1) is 0 Å². The van der Waals surface area contributed by atoms with E-state index in [9.17, 15) is 9.59 Å². The second-order valence-electron chi connectivity index (χ2n) is 6.22. The summed E-state index contributed by atoms with van der Waals surface area (Å²) in [5.41, 5.74) is 2.50. The summed E-state index contributed by atoms with van der Waals surface area (Å²) in [4.78, 5) is 28.7. The van der Waals surface area contributed by atoms with Gasteiger partial charge in [-0.25, -0.2) is 0 Å². The van der Waals surface area contributed by atoms with E-state index in [-0.39, 0.29) is 11.8 Å². The quantitative estimate of drug-likeness (QED) is 0.893. The molecule has 2 amide bonds. The van der Waals surface area contributed by atoms with Crippen LogP contribution in [0.25, 0.3) is 0 Å². The zero-order chi connectivity index (χ0) is 17.6. The van der Waals surface area contributed by atoms with Crippen molar-refractivity contribution in [3.05, 3.63) is 57.8 Å². The molecule has 1 aromatic carbocycles. The van der Waals surface area contributed by atoms with Gasteiger partial charge in [-0.05, 0) is 30.0 Å². The molecule has 2 heterocycles. The van der Waals surface area contributed by atoms with Gasteiger partial charge in [0.2, 0.25) is 0 Å². The minimum absolute atomic E-state index is 0.0237. The highest BCUT2D eigenvalue weighted by Crippen LogP contribution is 2.12. The van der Waals surface area contributed by atoms with Crippen LogP contribution in [0.1, 0.15) is 26.3 Å². The van der Waals surface area contributed by atoms with E-state index in [0.29, 0.717) is 6.54 Å². The van der Waals surface area contributed by atoms with Crippen molar-refractivity contribution >= 4 is 23.2 Å². The Morgan fingerprint density at radius 3 is 2.56 bits per heavy atom. The van der Waals surface area contributed by atoms with Crippen molar-refractivity contribution in [1.82, 2.24) is 15.1 Å². The minimum Gasteiger partial charge on any atom is -0.351 e. The molecule has 1 saturated heterocycles. The number of amides is 2. The number of hydrogen-bond acceptors (Lipinski definition) is 4. The van der Waals surface area contributed by atoms with E-state index in [4.69, 9.17) is 0 Å². The Bertz CT molecular complexity index is 722. The lowest BCUT2D eigenvalue weighted by Crippen LogP contribution is -2.50. The van der Waals surface area contributed by atoms with E-state index in [2.05, 4.69) is 10.2 Å². The van der Waals surface area contributed by atoms with Crippen LogP contribution in [0.4, 0.5) is 0 Å². The zero-order valence-corrected chi connectivity index (χ0v) is 15.2. The fraction of sp³-hybridized carbons (Fsp3) is 0.368. The number of benzene rings is 1. The number of nitrogens with zero attached hydrogens (tertiary/aromatic N) is 2. The molecule has 1 aliphatic rings. The molecule has 0 bridgehead atoms. The number of rotatable bonds is 5. The SMILES string of the molecule is Cc1ccccc1C(=O)NCCN1CCN(C(=O)c2ccsc2)CC1. The molecule has 0 saturated carbocycles. The first-order chi connectivity index (χ1) is 12.1. The molecule has 1 aliphatic heterocycles. The van der Waals surface area contributed by atoms with Gasteiger partial charge >= 0.3 is 0 Å². The standard InChI is InChI=1S/C19H23N3O2S/c1-15-4-2-3-5-17(15)18(23)20-7-8-21-9-11-22(12-10-21)19(24)16-6-13-25-14-16/h2-6,13-14H,7-12H2,1H3,(H,20,23). The molecule has 3 rings (SSSR count). The third kappa shape index (κ3) is 4.46. The van der Waals surface area contributed by atoms with E-state index in [1.165, 1.54) is 0 Å². The molecule has 5 nitrogen and oxygen atoms in total. The average molecular weight is 357 g/mol. The molecule has 1 fully saturated rings. The Kier molecular flexibility index (Phi) is 5.83. The maximum absolute atomic E-state index is 12.3. The Hall–Kier alpha value is -2.18. The van der Waals surface area contributed by atoms with Gasteiger partial charge in [0.15, 0.2) is 0 Å². The summed E-state index contributed by atoms with van der Waals surface area (Å²) in [5.74, 6) is 0.0955. The van der Waals surface area contributed by atoms with E-state index in [1.54, 1.807) is 11.3 Å². The lowest BCUT2D eigenvalue weighted by atomic mass is 10.1. The van der Waals surface area contributed by atoms with Gasteiger partial charge in [-0.1, -0.05) is 18.2 Å². The largest absolute Gasteiger partial charge is 0.351 e. The number of carbonyl (C=O) groups excluding carboxylic acids is 2. The molecular weight excluding hydrogens is 334 g/mol. The molecule has 0 spiro atoms. The Labute approximate surface area is 152 Å². The van der Waals surface area contributed by atoms with Crippen molar-refractivity contribution < 1.29 is 9.59 Å². The van der Waals surface area contributed by atoms with Crippen molar-refractivity contribution in [2.24, 2.45) is 0 Å². The molecule has 0 atom stereocenters. The van der Waals surface area contributed by atoms with Crippen LogP contribution in [0.2, 0.25) is 0 Å². The molecule has 2 aromatic rings. The van der Waals surface area contributed by atoms with Crippen LogP contribution in [0.5, 0.6) is 0 Å². The predicted octanol–water partition coefficient (Wildman–Crippen LogP) is 2.24. The van der Waals surface area contributed by atoms with Crippen LogP contribution in [0, 0.1) is 6.92 Å². The number of carbonyl (C=O) groups is 2. The van der Waals surface area contributed by atoms with Gasteiger partial charge in [0.25, 0.3) is 11.8 Å². The molecule has 1 aromatic heterocycles. The van der Waals surface area contributed by atoms with E-state index < -0.39 is 0 Å². The van der Waals surface area contributed by atoms with E-state index in [1.807, 2.05) is 52.9 Å². The van der Waals surface area contributed by atoms with Gasteiger partial charge in [-0.3, -0.25) is 14.5 Å². The first kappa shape index (κ1) is 17.6. The van der Waals surface area contributed by atoms with Crippen LogP contribution in [-0.4, -0.2) is 60.9 Å². The van der Waals surface area contributed by atoms with Gasteiger partial charge in [0.1, 0.15) is 0 Å². The fourth-order valence-electron chi connectivity index (χ4n) is 2.99. The lowest BCUT2D eigenvalue weighted by Gasteiger charge is -2.34. The highest BCUT2D eigenvalue weighted by molar-refractivity contribution is 7.08. The van der Waals surface area contributed by atoms with Crippen molar-refractivity contribution in [3.63, 3.8) is 0 Å². The summed E-state index contributed by atoms with van der Waals surface area (Å²) in [7, 11) is 0. The highest BCUT2D eigenvalue weighted by atomic mass is 32.1. The monoisotopic (exact) mass is 357 g/mol. The predicted molar refractivity (Wildman–Crippen MR) is 100 cm³/mol. The van der Waals surface area contributed by atoms with Gasteiger partial charge in [0, 0.05) is 50.2 Å². The molecular formula is C19H23N3O2S. The maximum Gasteiger partial charge on any atom is 0.254 e. The second kappa shape index (κ2) is 8.27. The van der Waals surface area contributed by atoms with Gasteiger partial charge in [-0.2, -0.15) is 11.3 Å². The van der Waals surface area contributed by atoms with Crippen molar-refractivity contribution in [3.8, 4) is 0 Å². The van der Waals surface area contributed by atoms with Crippen LogP contribution in [0.3, 0.4) is 0 Å². The second-order valence-corrected chi connectivity index (χ2v) is 7.00. The van der Waals surface area contributed by atoms with E-state index in [0.717, 1.165) is 49.4 Å². The fourth-order valence-corrected chi connectivity index (χ4v) is 3.62. The first-order valence-corrected chi connectivity index (χ1v) is 9.47. The molecule has 0 unspecified atom stereocenters. The summed E-state index contributed by atoms with van der Waals surface area (Å²) < 4.78 is 0. The number of aryl methyl sites for hydroxylation is 1. The van der Waals surface area contributed by atoms with Crippen LogP contribution >= 0.6 is 11.3 Å². The summed E-state index contributed by atoms with van der Waals surface area (Å²) in [6.45, 7) is 6.52. The molecule has 1 N–H and O–H groups in total. The Morgan fingerprint density at radius 2 is 1.88 bits per heavy atom. The average Bonchev–Trinajstić information content (AvgIpc) is 3.16. The molecule has 6 heteroatoms. The highest BCUT2D eigenvalue weighted by Gasteiger charge is 2.22. The molecule has 132 valence electrons. The normalized spacial score (nSPS) is 15.2. The summed E-state index contributed by atoms with van der Waals surface area (Å²) in [6, 6.07) is 9.48. The summed E-state index contributed by atoms with van der Waals surface area (Å²) in [6.07, 6.45) is 0. The smallest absolute Gasteiger partial charge is 0.254 e. The van der Waals surface area contributed by atoms with E-state index >= 15 is 0 Å². The lowest BCUT2D eigenvalue weighted by molar-refractivity contribution is 0.0638. The van der Waals surface area contributed by atoms with Gasteiger partial charge in [0.05, 0.1) is 5.56 Å². The van der Waals surface area contributed by atoms with Crippen LogP contribution in [0.15, 0.2) is 41.1 Å². The molecule has 25 heavy (non-hydrogen) atoms. The third-order valence-electron chi connectivity index (χ3n) is 4.53. The topological polar surface area (TPSA) is 52.7 Å². The van der Waals surface area contributed by atoms with Crippen LogP contribution in [-0.2, 0) is 0 Å². The zero-order valence-electron chi connectivity index (χ0n) is 14.4.